The molecule has 24 heavy (non-hydrogen) atoms. The van der Waals surface area contributed by atoms with E-state index in [2.05, 4.69) is 19.5 Å². The Balaban J connectivity index is 1.89. The average Bonchev–Trinajstić information content (AvgIpc) is 3.00. The average molecular weight is 382 g/mol. The summed E-state index contributed by atoms with van der Waals surface area (Å²) in [6.45, 7) is -0.622. The Morgan fingerprint density at radius 2 is 2.08 bits per heavy atom. The number of halogens is 1. The van der Waals surface area contributed by atoms with Crippen molar-refractivity contribution in [2.45, 2.75) is 24.5 Å². The van der Waals surface area contributed by atoms with Crippen LogP contribution in [0.25, 0.3) is 11.2 Å². The third kappa shape index (κ3) is 3.23. The molecule has 12 nitrogen and oxygen atoms in total. The van der Waals surface area contributed by atoms with Gasteiger partial charge >= 0.3 is 7.82 Å². The normalized spacial score (nSPS) is 27.9. The standard InChI is InChI=1S/C10H13ClN5O7P/c11-10-14-7(12)4-8(15-10)16(2-13-4)9-6(18)5(17)3(23-9)1-22-24(19,20)21/h2-3,5-6,9,17-18H,1H2,(H2,12,14,15)(H2,19,20,21)/t3-,5+,6-,9-/m1/s1. The molecule has 0 aromatic carbocycles. The predicted molar refractivity (Wildman–Crippen MR) is 78.7 cm³/mol. The maximum atomic E-state index is 10.7. The van der Waals surface area contributed by atoms with E-state index in [1.165, 1.54) is 10.9 Å². The largest absolute Gasteiger partial charge is 0.469 e. The lowest BCUT2D eigenvalue weighted by Gasteiger charge is -2.16. The smallest absolute Gasteiger partial charge is 0.387 e. The van der Waals surface area contributed by atoms with Crippen LogP contribution in [-0.2, 0) is 13.8 Å². The van der Waals surface area contributed by atoms with Crippen LogP contribution in [0, 0.1) is 0 Å². The maximum Gasteiger partial charge on any atom is 0.469 e. The number of ether oxygens (including phenoxy) is 1. The summed E-state index contributed by atoms with van der Waals surface area (Å²) in [5.74, 6) is 0.0261. The van der Waals surface area contributed by atoms with E-state index >= 15 is 0 Å². The first-order chi connectivity index (χ1) is 11.2. The Morgan fingerprint density at radius 3 is 2.75 bits per heavy atom. The predicted octanol–water partition coefficient (Wildman–Crippen LogP) is -1.21. The lowest BCUT2D eigenvalue weighted by Crippen LogP contribution is -2.33. The lowest BCUT2D eigenvalue weighted by atomic mass is 10.1. The van der Waals surface area contributed by atoms with Gasteiger partial charge in [-0.1, -0.05) is 0 Å². The van der Waals surface area contributed by atoms with E-state index in [1.807, 2.05) is 0 Å². The summed E-state index contributed by atoms with van der Waals surface area (Å²) >= 11 is 5.75. The second-order valence-electron chi connectivity index (χ2n) is 5.03. The number of phosphoric acid groups is 1. The minimum atomic E-state index is -4.74. The third-order valence-corrected chi connectivity index (χ3v) is 4.09. The fourth-order valence-corrected chi connectivity index (χ4v) is 2.88. The summed E-state index contributed by atoms with van der Waals surface area (Å²) in [4.78, 5) is 29.1. The van der Waals surface area contributed by atoms with E-state index in [1.54, 1.807) is 0 Å². The highest BCUT2D eigenvalue weighted by molar-refractivity contribution is 7.46. The van der Waals surface area contributed by atoms with E-state index in [0.717, 1.165) is 0 Å². The number of nitrogens with two attached hydrogens (primary N) is 1. The van der Waals surface area contributed by atoms with Crippen molar-refractivity contribution in [1.82, 2.24) is 19.5 Å². The molecule has 132 valence electrons. The van der Waals surface area contributed by atoms with Gasteiger partial charge in [-0.2, -0.15) is 9.97 Å². The number of aliphatic hydroxyl groups excluding tert-OH is 2. The van der Waals surface area contributed by atoms with Crippen LogP contribution in [0.15, 0.2) is 6.33 Å². The summed E-state index contributed by atoms with van der Waals surface area (Å²) in [6, 6.07) is 0. The van der Waals surface area contributed by atoms with Gasteiger partial charge in [0.15, 0.2) is 17.7 Å². The van der Waals surface area contributed by atoms with Crippen LogP contribution >= 0.6 is 19.4 Å². The highest BCUT2D eigenvalue weighted by Crippen LogP contribution is 2.38. The minimum Gasteiger partial charge on any atom is -0.387 e. The van der Waals surface area contributed by atoms with E-state index in [-0.39, 0.29) is 22.3 Å². The van der Waals surface area contributed by atoms with E-state index in [0.29, 0.717) is 0 Å². The van der Waals surface area contributed by atoms with Gasteiger partial charge < -0.3 is 30.5 Å². The molecule has 1 aliphatic heterocycles. The zero-order valence-corrected chi connectivity index (χ0v) is 13.4. The molecule has 3 rings (SSSR count). The molecule has 0 saturated carbocycles. The van der Waals surface area contributed by atoms with Crippen LogP contribution in [0.3, 0.4) is 0 Å². The Morgan fingerprint density at radius 1 is 1.38 bits per heavy atom. The molecule has 0 radical (unpaired) electrons. The molecular formula is C10H13ClN5O7P. The van der Waals surface area contributed by atoms with Crippen LogP contribution in [0.5, 0.6) is 0 Å². The van der Waals surface area contributed by atoms with Crippen molar-refractivity contribution in [2.24, 2.45) is 0 Å². The molecule has 3 heterocycles. The van der Waals surface area contributed by atoms with Gasteiger partial charge in [-0.05, 0) is 11.6 Å². The number of phosphoric ester groups is 1. The number of nitrogen functional groups attached to an aromatic ring is 1. The Kier molecular flexibility index (Phi) is 4.49. The molecule has 0 unspecified atom stereocenters. The molecule has 0 spiro atoms. The molecule has 2 aromatic heterocycles. The molecule has 1 saturated heterocycles. The van der Waals surface area contributed by atoms with Gasteiger partial charge in [-0.3, -0.25) is 9.09 Å². The van der Waals surface area contributed by atoms with Crippen molar-refractivity contribution in [3.05, 3.63) is 11.6 Å². The summed E-state index contributed by atoms with van der Waals surface area (Å²) in [6.07, 6.45) is -3.93. The van der Waals surface area contributed by atoms with E-state index < -0.39 is 39.0 Å². The first-order valence-electron chi connectivity index (χ1n) is 6.54. The molecule has 1 aliphatic rings. The van der Waals surface area contributed by atoms with Crippen molar-refractivity contribution in [3.63, 3.8) is 0 Å². The van der Waals surface area contributed by atoms with Crippen LogP contribution in [-0.4, -0.2) is 64.4 Å². The number of imidazole rings is 1. The number of anilines is 1. The van der Waals surface area contributed by atoms with E-state index in [9.17, 15) is 14.8 Å². The topological polar surface area (TPSA) is 186 Å². The van der Waals surface area contributed by atoms with Gasteiger partial charge in [0, 0.05) is 0 Å². The summed E-state index contributed by atoms with van der Waals surface area (Å²) in [5.41, 5.74) is 6.07. The molecule has 4 atom stereocenters. The number of aliphatic hydroxyl groups is 2. The summed E-state index contributed by atoms with van der Waals surface area (Å²) in [7, 11) is -4.74. The minimum absolute atomic E-state index is 0.0261. The van der Waals surface area contributed by atoms with Crippen molar-refractivity contribution in [2.75, 3.05) is 12.3 Å². The number of hydrogen-bond donors (Lipinski definition) is 5. The number of aromatic nitrogens is 4. The zero-order valence-electron chi connectivity index (χ0n) is 11.8. The second kappa shape index (κ2) is 6.17. The van der Waals surface area contributed by atoms with Crippen molar-refractivity contribution in [3.8, 4) is 0 Å². The number of fused-ring (bicyclic) bond motifs is 1. The first-order valence-corrected chi connectivity index (χ1v) is 8.45. The van der Waals surface area contributed by atoms with Crippen molar-refractivity contribution < 1.29 is 33.8 Å². The third-order valence-electron chi connectivity index (χ3n) is 3.44. The fraction of sp³-hybridized carbons (Fsp3) is 0.500. The molecule has 0 amide bonds. The van der Waals surface area contributed by atoms with Gasteiger partial charge in [0.1, 0.15) is 23.8 Å². The van der Waals surface area contributed by atoms with Gasteiger partial charge in [0.05, 0.1) is 12.9 Å². The molecule has 0 bridgehead atoms. The van der Waals surface area contributed by atoms with Gasteiger partial charge in [0.2, 0.25) is 5.28 Å². The highest BCUT2D eigenvalue weighted by atomic mass is 35.5. The molecule has 2 aromatic rings. The number of nitrogens with zero attached hydrogens (tertiary/aromatic N) is 4. The number of rotatable bonds is 4. The van der Waals surface area contributed by atoms with E-state index in [4.69, 9.17) is 31.9 Å². The summed E-state index contributed by atoms with van der Waals surface area (Å²) in [5, 5.41) is 20.0. The first kappa shape index (κ1) is 17.5. The molecule has 1 fully saturated rings. The van der Waals surface area contributed by atoms with Crippen LogP contribution in [0.2, 0.25) is 5.28 Å². The second-order valence-corrected chi connectivity index (χ2v) is 6.61. The lowest BCUT2D eigenvalue weighted by molar-refractivity contribution is -0.0504. The van der Waals surface area contributed by atoms with Gasteiger partial charge in [-0.15, -0.1) is 0 Å². The SMILES string of the molecule is Nc1nc(Cl)nc2c1ncn2[C@@H]1O[C@H](COP(=O)(O)O)[C@H](O)[C@H]1O. The monoisotopic (exact) mass is 381 g/mol. The van der Waals surface area contributed by atoms with Crippen molar-refractivity contribution >= 4 is 36.4 Å². The van der Waals surface area contributed by atoms with Crippen LogP contribution < -0.4 is 5.73 Å². The zero-order chi connectivity index (χ0) is 17.6. The fourth-order valence-electron chi connectivity index (χ4n) is 2.36. The molecular weight excluding hydrogens is 369 g/mol. The van der Waals surface area contributed by atoms with Crippen molar-refractivity contribution in [1.29, 1.82) is 0 Å². The Bertz CT molecular complexity index is 812. The Hall–Kier alpha value is -1.37. The highest BCUT2D eigenvalue weighted by Gasteiger charge is 2.45. The molecule has 0 aliphatic carbocycles. The quantitative estimate of drug-likeness (QED) is 0.316. The molecule has 6 N–H and O–H groups in total. The maximum absolute atomic E-state index is 10.7. The molecule has 14 heteroatoms. The number of hydrogen-bond acceptors (Lipinski definition) is 9. The summed E-state index contributed by atoms with van der Waals surface area (Å²) < 4.78 is 21.8. The Labute approximate surface area is 139 Å². The van der Waals surface area contributed by atoms with Gasteiger partial charge in [-0.25, -0.2) is 9.55 Å². The van der Waals surface area contributed by atoms with Gasteiger partial charge in [0.25, 0.3) is 0 Å². The van der Waals surface area contributed by atoms with Crippen LogP contribution in [0.4, 0.5) is 5.82 Å². The van der Waals surface area contributed by atoms with Crippen LogP contribution in [0.1, 0.15) is 6.23 Å².